The fourth-order valence-electron chi connectivity index (χ4n) is 4.26. The number of hydrogen-bond acceptors (Lipinski definition) is 8. The minimum Gasteiger partial charge on any atom is -0.507 e. The monoisotopic (exact) mass is 544 g/mol. The molecule has 0 saturated carbocycles. The second-order valence-corrected chi connectivity index (χ2v) is 9.93. The number of aryl methyl sites for hydroxylation is 3. The van der Waals surface area contributed by atoms with Gasteiger partial charge in [0.05, 0.1) is 17.3 Å². The van der Waals surface area contributed by atoms with Crippen LogP contribution in [0, 0.1) is 20.8 Å². The first kappa shape index (κ1) is 27.5. The van der Waals surface area contributed by atoms with Crippen LogP contribution in [0.15, 0.2) is 73.3 Å². The molecule has 0 aliphatic carbocycles. The number of Topliss-reactive ketones (excluding diaryl/α,β-unsaturated/α-hetero) is 1. The maximum atomic E-state index is 13.5. The number of carbonyl (C=O) groups is 3. The maximum Gasteiger partial charge on any atom is 0.350 e. The third kappa shape index (κ3) is 5.39. The molecule has 39 heavy (non-hydrogen) atoms. The van der Waals surface area contributed by atoms with Gasteiger partial charge in [-0.05, 0) is 50.1 Å². The first-order valence-electron chi connectivity index (χ1n) is 12.2. The van der Waals surface area contributed by atoms with E-state index < -0.39 is 23.7 Å². The lowest BCUT2D eigenvalue weighted by Gasteiger charge is -2.23. The van der Waals surface area contributed by atoms with Gasteiger partial charge in [0, 0.05) is 5.56 Å². The van der Waals surface area contributed by atoms with Crippen LogP contribution < -0.4 is 9.64 Å². The molecule has 1 unspecified atom stereocenters. The first-order valence-corrected chi connectivity index (χ1v) is 13.0. The summed E-state index contributed by atoms with van der Waals surface area (Å²) in [6.45, 7) is 12.8. The summed E-state index contributed by atoms with van der Waals surface area (Å²) in [6, 6.07) is 11.4. The van der Waals surface area contributed by atoms with Crippen LogP contribution in [0.1, 0.15) is 43.7 Å². The molecular weight excluding hydrogens is 516 g/mol. The van der Waals surface area contributed by atoms with E-state index in [1.807, 2.05) is 26.0 Å². The average Bonchev–Trinajstić information content (AvgIpc) is 3.43. The van der Waals surface area contributed by atoms with Gasteiger partial charge in [0.2, 0.25) is 0 Å². The van der Waals surface area contributed by atoms with E-state index in [9.17, 15) is 19.5 Å². The molecule has 0 bridgehead atoms. The number of thiazole rings is 1. The summed E-state index contributed by atoms with van der Waals surface area (Å²) in [7, 11) is 0. The molecule has 1 fully saturated rings. The van der Waals surface area contributed by atoms with Crippen molar-refractivity contribution in [2.45, 2.75) is 26.8 Å². The zero-order valence-corrected chi connectivity index (χ0v) is 22.7. The molecular formula is C30H28N2O6S. The van der Waals surface area contributed by atoms with Gasteiger partial charge >= 0.3 is 11.9 Å². The highest BCUT2D eigenvalue weighted by molar-refractivity contribution is 7.17. The van der Waals surface area contributed by atoms with E-state index in [1.54, 1.807) is 43.3 Å². The Bertz CT molecular complexity index is 1500. The molecule has 0 spiro atoms. The summed E-state index contributed by atoms with van der Waals surface area (Å²) in [4.78, 5) is 45.4. The summed E-state index contributed by atoms with van der Waals surface area (Å²) in [5.74, 6) is -2.04. The third-order valence-electron chi connectivity index (χ3n) is 6.17. The van der Waals surface area contributed by atoms with E-state index in [0.29, 0.717) is 29.2 Å². The number of aliphatic hydroxyl groups is 1. The Morgan fingerprint density at radius 1 is 1.08 bits per heavy atom. The summed E-state index contributed by atoms with van der Waals surface area (Å²) < 4.78 is 10.7. The molecule has 1 saturated heterocycles. The molecule has 1 atom stereocenters. The van der Waals surface area contributed by atoms with Crippen molar-refractivity contribution in [1.82, 2.24) is 4.98 Å². The molecule has 1 aliphatic heterocycles. The fraction of sp³-hybridized carbons (Fsp3) is 0.200. The second kappa shape index (κ2) is 11.5. The maximum absolute atomic E-state index is 13.5. The van der Waals surface area contributed by atoms with Crippen LogP contribution >= 0.6 is 11.3 Å². The van der Waals surface area contributed by atoms with Crippen LogP contribution in [0.4, 0.5) is 5.13 Å². The molecule has 2 aromatic carbocycles. The summed E-state index contributed by atoms with van der Waals surface area (Å²) in [5.41, 5.74) is 2.91. The van der Waals surface area contributed by atoms with E-state index in [2.05, 4.69) is 18.1 Å². The highest BCUT2D eigenvalue weighted by atomic mass is 32.1. The number of aromatic nitrogens is 1. The molecule has 2 heterocycles. The zero-order chi connectivity index (χ0) is 28.3. The van der Waals surface area contributed by atoms with Crippen molar-refractivity contribution >= 4 is 39.9 Å². The zero-order valence-electron chi connectivity index (χ0n) is 21.9. The van der Waals surface area contributed by atoms with Gasteiger partial charge < -0.3 is 14.6 Å². The van der Waals surface area contributed by atoms with Crippen LogP contribution in [0.25, 0.3) is 5.76 Å². The van der Waals surface area contributed by atoms with Gasteiger partial charge in [-0.25, -0.2) is 9.78 Å². The Labute approximate surface area is 230 Å². The van der Waals surface area contributed by atoms with Crippen LogP contribution in [0.2, 0.25) is 0 Å². The largest absolute Gasteiger partial charge is 0.507 e. The Balaban J connectivity index is 1.89. The number of ether oxygens (including phenoxy) is 2. The van der Waals surface area contributed by atoms with Crippen molar-refractivity contribution in [1.29, 1.82) is 0 Å². The van der Waals surface area contributed by atoms with Gasteiger partial charge in [-0.1, -0.05) is 66.5 Å². The summed E-state index contributed by atoms with van der Waals surface area (Å²) in [5, 5.41) is 11.6. The van der Waals surface area contributed by atoms with E-state index in [-0.39, 0.29) is 27.9 Å². The number of anilines is 1. The number of amides is 1. The minimum atomic E-state index is -0.999. The van der Waals surface area contributed by atoms with Crippen molar-refractivity contribution < 1.29 is 29.0 Å². The molecule has 1 aromatic heterocycles. The molecule has 3 aromatic rings. The van der Waals surface area contributed by atoms with Crippen LogP contribution in [-0.2, 0) is 14.3 Å². The van der Waals surface area contributed by atoms with Gasteiger partial charge in [-0.2, -0.15) is 0 Å². The number of nitrogens with zero attached hydrogens (tertiary/aromatic N) is 2. The summed E-state index contributed by atoms with van der Waals surface area (Å²) in [6.07, 6.45) is 3.07. The van der Waals surface area contributed by atoms with Crippen LogP contribution in [-0.4, -0.2) is 41.0 Å². The lowest BCUT2D eigenvalue weighted by Crippen LogP contribution is -2.29. The van der Waals surface area contributed by atoms with Gasteiger partial charge in [0.25, 0.3) is 5.78 Å². The Hall–Kier alpha value is -4.50. The number of rotatable bonds is 9. The highest BCUT2D eigenvalue weighted by Crippen LogP contribution is 2.44. The quantitative estimate of drug-likeness (QED) is 0.123. The van der Waals surface area contributed by atoms with E-state index in [0.717, 1.165) is 22.5 Å². The van der Waals surface area contributed by atoms with Crippen LogP contribution in [0.5, 0.6) is 5.75 Å². The molecule has 1 N–H and O–H groups in total. The third-order valence-corrected chi connectivity index (χ3v) is 7.30. The molecule has 200 valence electrons. The van der Waals surface area contributed by atoms with Gasteiger partial charge in [-0.15, -0.1) is 0 Å². The molecule has 1 amide bonds. The smallest absolute Gasteiger partial charge is 0.350 e. The predicted octanol–water partition coefficient (Wildman–Crippen LogP) is 5.60. The average molecular weight is 545 g/mol. The fourth-order valence-corrected chi connectivity index (χ4v) is 5.24. The second-order valence-electron chi connectivity index (χ2n) is 8.95. The lowest BCUT2D eigenvalue weighted by molar-refractivity contribution is -0.132. The number of carbonyl (C=O) groups excluding carboxylic acids is 3. The van der Waals surface area contributed by atoms with E-state index >= 15 is 0 Å². The molecule has 0 radical (unpaired) electrons. The van der Waals surface area contributed by atoms with Gasteiger partial charge in [0.15, 0.2) is 5.13 Å². The highest BCUT2D eigenvalue weighted by Gasteiger charge is 2.48. The van der Waals surface area contributed by atoms with Crippen molar-refractivity contribution in [3.05, 3.63) is 106 Å². The Morgan fingerprint density at radius 3 is 2.44 bits per heavy atom. The van der Waals surface area contributed by atoms with E-state index in [4.69, 9.17) is 9.47 Å². The van der Waals surface area contributed by atoms with Crippen molar-refractivity contribution in [2.75, 3.05) is 18.1 Å². The number of hydrogen-bond donors (Lipinski definition) is 1. The first-order chi connectivity index (χ1) is 18.7. The number of benzene rings is 2. The van der Waals surface area contributed by atoms with E-state index in [1.165, 1.54) is 11.0 Å². The normalized spacial score (nSPS) is 16.3. The molecule has 1 aliphatic rings. The summed E-state index contributed by atoms with van der Waals surface area (Å²) >= 11 is 0.942. The Morgan fingerprint density at radius 2 is 1.77 bits per heavy atom. The standard InChI is InChI=1S/C30H28N2O6S/c1-6-14-37-21-12-10-20(11-13-21)24-23(25(33)22-16-17(3)8-9-18(22)4)26(34)28(35)32(24)30-31-19(5)27(39-30)29(36)38-15-7-2/h6-13,16,24,33H,1-2,14-15H2,3-5H3. The van der Waals surface area contributed by atoms with Crippen molar-refractivity contribution in [3.8, 4) is 5.75 Å². The minimum absolute atomic E-state index is 0.0200. The molecule has 8 nitrogen and oxygen atoms in total. The predicted molar refractivity (Wildman–Crippen MR) is 150 cm³/mol. The van der Waals surface area contributed by atoms with Crippen LogP contribution in [0.3, 0.4) is 0 Å². The van der Waals surface area contributed by atoms with Crippen molar-refractivity contribution in [3.63, 3.8) is 0 Å². The topological polar surface area (TPSA) is 106 Å². The number of esters is 1. The lowest BCUT2D eigenvalue weighted by atomic mass is 9.93. The van der Waals surface area contributed by atoms with Gasteiger partial charge in [0.1, 0.15) is 29.6 Å². The Kier molecular flexibility index (Phi) is 8.11. The number of ketones is 1. The van der Waals surface area contributed by atoms with Crippen molar-refractivity contribution in [2.24, 2.45) is 0 Å². The van der Waals surface area contributed by atoms with Gasteiger partial charge in [-0.3, -0.25) is 14.5 Å². The molecule has 4 rings (SSSR count). The SMILES string of the molecule is C=CCOC(=O)c1sc(N2C(=O)C(=O)C(=C(O)c3cc(C)ccc3C)C2c2ccc(OCC=C)cc2)nc1C. The number of aliphatic hydroxyl groups excluding tert-OH is 1. The molecule has 9 heteroatoms.